The van der Waals surface area contributed by atoms with Crippen molar-refractivity contribution in [3.8, 4) is 0 Å². The quantitative estimate of drug-likeness (QED) is 0.832. The maximum absolute atomic E-state index is 12.5. The van der Waals surface area contributed by atoms with Gasteiger partial charge in [-0.05, 0) is 25.1 Å². The van der Waals surface area contributed by atoms with Gasteiger partial charge in [-0.1, -0.05) is 17.7 Å². The first-order chi connectivity index (χ1) is 9.07. The second kappa shape index (κ2) is 4.28. The van der Waals surface area contributed by atoms with Crippen molar-refractivity contribution in [3.05, 3.63) is 65.8 Å². The minimum Gasteiger partial charge on any atom is -0.472 e. The average Bonchev–Trinajstić information content (AvgIpc) is 2.83. The Kier molecular flexibility index (Phi) is 2.71. The molecule has 0 amide bonds. The molecule has 19 heavy (non-hydrogen) atoms. The first-order valence-electron chi connectivity index (χ1n) is 5.89. The number of benzene rings is 1. The molecule has 0 spiro atoms. The zero-order valence-electron chi connectivity index (χ0n) is 10.4. The smallest absolute Gasteiger partial charge is 0.264 e. The first kappa shape index (κ1) is 12.0. The lowest BCUT2D eigenvalue weighted by atomic mass is 10.1. The summed E-state index contributed by atoms with van der Waals surface area (Å²) in [5, 5.41) is 0. The third-order valence-corrected chi connectivity index (χ3v) is 4.86. The normalized spacial score (nSPS) is 17.6. The van der Waals surface area contributed by atoms with Gasteiger partial charge in [0.05, 0.1) is 24.0 Å². The number of ether oxygens (including phenoxy) is 1. The number of fused-ring (bicyclic) bond motifs is 1. The van der Waals surface area contributed by atoms with Crippen LogP contribution in [0.4, 0.5) is 0 Å². The van der Waals surface area contributed by atoms with E-state index in [2.05, 4.69) is 0 Å². The molecular formula is C14H13NO3S. The van der Waals surface area contributed by atoms with Crippen LogP contribution in [0, 0.1) is 6.92 Å². The highest BCUT2D eigenvalue weighted by Gasteiger charge is 2.29. The maximum atomic E-state index is 12.5. The van der Waals surface area contributed by atoms with E-state index in [-0.39, 0.29) is 0 Å². The van der Waals surface area contributed by atoms with Crippen LogP contribution in [0.1, 0.15) is 5.56 Å². The summed E-state index contributed by atoms with van der Waals surface area (Å²) in [7, 11) is -3.49. The number of allylic oxidation sites excluding steroid dienone is 1. The highest BCUT2D eigenvalue weighted by Crippen LogP contribution is 2.29. The highest BCUT2D eigenvalue weighted by atomic mass is 32.2. The molecule has 5 heteroatoms. The van der Waals surface area contributed by atoms with Gasteiger partial charge in [-0.2, -0.15) is 0 Å². The third kappa shape index (κ3) is 2.06. The molecule has 0 bridgehead atoms. The van der Waals surface area contributed by atoms with Crippen LogP contribution in [-0.2, 0) is 14.8 Å². The minimum atomic E-state index is -3.49. The molecule has 0 radical (unpaired) electrons. The Morgan fingerprint density at radius 1 is 1.21 bits per heavy atom. The van der Waals surface area contributed by atoms with Crippen LogP contribution in [0.25, 0.3) is 0 Å². The molecule has 1 aromatic carbocycles. The van der Waals surface area contributed by atoms with Gasteiger partial charge < -0.3 is 4.74 Å². The molecule has 1 aromatic rings. The van der Waals surface area contributed by atoms with E-state index in [1.54, 1.807) is 42.8 Å². The molecule has 3 rings (SSSR count). The van der Waals surface area contributed by atoms with E-state index in [1.807, 2.05) is 6.92 Å². The van der Waals surface area contributed by atoms with Gasteiger partial charge in [0.2, 0.25) is 0 Å². The lowest BCUT2D eigenvalue weighted by Crippen LogP contribution is -2.24. The maximum Gasteiger partial charge on any atom is 0.264 e. The van der Waals surface area contributed by atoms with E-state index >= 15 is 0 Å². The second-order valence-corrected chi connectivity index (χ2v) is 6.42. The van der Waals surface area contributed by atoms with Gasteiger partial charge in [-0.3, -0.25) is 4.31 Å². The fraction of sp³-hybridized carbons (Fsp3) is 0.143. The number of hydrogen-bond donors (Lipinski definition) is 0. The van der Waals surface area contributed by atoms with Gasteiger partial charge in [0.25, 0.3) is 10.0 Å². The number of sulfonamides is 1. The summed E-state index contributed by atoms with van der Waals surface area (Å²) in [6.07, 6.45) is 6.52. The van der Waals surface area contributed by atoms with Crippen LogP contribution in [0.2, 0.25) is 0 Å². The molecule has 2 aliphatic heterocycles. The van der Waals surface area contributed by atoms with Crippen molar-refractivity contribution >= 4 is 10.0 Å². The van der Waals surface area contributed by atoms with Crippen molar-refractivity contribution in [1.82, 2.24) is 4.31 Å². The van der Waals surface area contributed by atoms with Gasteiger partial charge in [0.15, 0.2) is 0 Å². The van der Waals surface area contributed by atoms with Gasteiger partial charge in [-0.15, -0.1) is 0 Å². The van der Waals surface area contributed by atoms with Crippen LogP contribution in [0.15, 0.2) is 65.1 Å². The number of aryl methyl sites for hydroxylation is 1. The van der Waals surface area contributed by atoms with Crippen LogP contribution in [-0.4, -0.2) is 19.3 Å². The van der Waals surface area contributed by atoms with Crippen molar-refractivity contribution < 1.29 is 13.2 Å². The van der Waals surface area contributed by atoms with Crippen molar-refractivity contribution in [3.63, 3.8) is 0 Å². The molecule has 2 heterocycles. The SMILES string of the molecule is Cc1ccc(S(=O)(=O)N2C=C3C=COC=C3C2)cc1. The van der Waals surface area contributed by atoms with Crippen LogP contribution < -0.4 is 0 Å². The fourth-order valence-corrected chi connectivity index (χ4v) is 3.34. The highest BCUT2D eigenvalue weighted by molar-refractivity contribution is 7.89. The zero-order valence-corrected chi connectivity index (χ0v) is 11.2. The van der Waals surface area contributed by atoms with Crippen LogP contribution in [0.3, 0.4) is 0 Å². The van der Waals surface area contributed by atoms with E-state index in [4.69, 9.17) is 4.74 Å². The summed E-state index contributed by atoms with van der Waals surface area (Å²) in [5.41, 5.74) is 2.78. The molecule has 0 saturated carbocycles. The minimum absolute atomic E-state index is 0.305. The predicted molar refractivity (Wildman–Crippen MR) is 71.5 cm³/mol. The third-order valence-electron chi connectivity index (χ3n) is 3.14. The Morgan fingerprint density at radius 2 is 1.95 bits per heavy atom. The first-order valence-corrected chi connectivity index (χ1v) is 7.33. The molecule has 98 valence electrons. The summed E-state index contributed by atoms with van der Waals surface area (Å²) in [6, 6.07) is 6.86. The fourth-order valence-electron chi connectivity index (χ4n) is 2.03. The van der Waals surface area contributed by atoms with Gasteiger partial charge in [0, 0.05) is 17.3 Å². The Morgan fingerprint density at radius 3 is 2.63 bits per heavy atom. The lowest BCUT2D eigenvalue weighted by Gasteiger charge is -2.16. The summed E-state index contributed by atoms with van der Waals surface area (Å²) < 4.78 is 31.4. The molecule has 0 aliphatic carbocycles. The van der Waals surface area contributed by atoms with Crippen molar-refractivity contribution in [2.75, 3.05) is 6.54 Å². The Balaban J connectivity index is 1.97. The molecule has 0 fully saturated rings. The Labute approximate surface area is 112 Å². The average molecular weight is 275 g/mol. The van der Waals surface area contributed by atoms with Crippen LogP contribution in [0.5, 0.6) is 0 Å². The van der Waals surface area contributed by atoms with E-state index in [1.165, 1.54) is 10.6 Å². The molecular weight excluding hydrogens is 262 g/mol. The summed E-state index contributed by atoms with van der Waals surface area (Å²) in [6.45, 7) is 2.24. The summed E-state index contributed by atoms with van der Waals surface area (Å²) in [4.78, 5) is 0.305. The molecule has 2 aliphatic rings. The molecule has 0 unspecified atom stereocenters. The molecule has 0 saturated heterocycles. The van der Waals surface area contributed by atoms with Gasteiger partial charge in [0.1, 0.15) is 0 Å². The standard InChI is InChI=1S/C14H13NO3S/c1-11-2-4-14(5-3-11)19(16,17)15-8-12-6-7-18-10-13(12)9-15/h2-8,10H,9H2,1H3. The van der Waals surface area contributed by atoms with Gasteiger partial charge >= 0.3 is 0 Å². The largest absolute Gasteiger partial charge is 0.472 e. The zero-order chi connectivity index (χ0) is 13.5. The molecule has 0 aromatic heterocycles. The van der Waals surface area contributed by atoms with E-state index in [0.29, 0.717) is 11.4 Å². The van der Waals surface area contributed by atoms with Gasteiger partial charge in [-0.25, -0.2) is 8.42 Å². The predicted octanol–water partition coefficient (Wildman–Crippen LogP) is 2.31. The number of hydrogen-bond acceptors (Lipinski definition) is 3. The number of rotatable bonds is 2. The Hall–Kier alpha value is -2.01. The van der Waals surface area contributed by atoms with Crippen LogP contribution >= 0.6 is 0 Å². The molecule has 0 atom stereocenters. The second-order valence-electron chi connectivity index (χ2n) is 4.53. The Bertz CT molecular complexity index is 697. The summed E-state index contributed by atoms with van der Waals surface area (Å²) in [5.74, 6) is 0. The summed E-state index contributed by atoms with van der Waals surface area (Å²) >= 11 is 0. The van der Waals surface area contributed by atoms with E-state index in [9.17, 15) is 8.42 Å². The molecule has 4 nitrogen and oxygen atoms in total. The molecule has 0 N–H and O–H groups in total. The monoisotopic (exact) mass is 275 g/mol. The van der Waals surface area contributed by atoms with E-state index in [0.717, 1.165) is 16.7 Å². The van der Waals surface area contributed by atoms with Crippen molar-refractivity contribution in [1.29, 1.82) is 0 Å². The number of nitrogens with zero attached hydrogens (tertiary/aromatic N) is 1. The van der Waals surface area contributed by atoms with Crippen molar-refractivity contribution in [2.24, 2.45) is 0 Å². The lowest BCUT2D eigenvalue weighted by molar-refractivity contribution is 0.392. The topological polar surface area (TPSA) is 46.6 Å². The van der Waals surface area contributed by atoms with Crippen molar-refractivity contribution in [2.45, 2.75) is 11.8 Å². The van der Waals surface area contributed by atoms with E-state index < -0.39 is 10.0 Å².